The minimum atomic E-state index is -0.0693. The third-order valence-corrected chi connectivity index (χ3v) is 5.42. The van der Waals surface area contributed by atoms with Gasteiger partial charge in [-0.3, -0.25) is 14.2 Å². The largest absolute Gasteiger partial charge is 0.379 e. The fourth-order valence-electron chi connectivity index (χ4n) is 4.09. The highest BCUT2D eigenvalue weighted by atomic mass is 16.5. The zero-order chi connectivity index (χ0) is 17.6. The Labute approximate surface area is 146 Å². The predicted octanol–water partition coefficient (Wildman–Crippen LogP) is 0.682. The van der Waals surface area contributed by atoms with Gasteiger partial charge in [-0.05, 0) is 25.7 Å². The molecule has 2 aromatic rings. The molecule has 0 N–H and O–H groups in total. The number of fused-ring (bicyclic) bond motifs is 1. The Bertz CT molecular complexity index is 795. The molecule has 1 aliphatic heterocycles. The summed E-state index contributed by atoms with van der Waals surface area (Å²) in [5.74, 6) is 0.0504. The van der Waals surface area contributed by atoms with Crippen LogP contribution in [-0.4, -0.2) is 61.9 Å². The lowest BCUT2D eigenvalue weighted by Crippen LogP contribution is -2.31. The number of likely N-dealkylation sites (tertiary alicyclic amines) is 1. The van der Waals surface area contributed by atoms with Gasteiger partial charge in [-0.25, -0.2) is 0 Å². The highest BCUT2D eigenvalue weighted by Gasteiger charge is 2.39. The molecule has 2 aliphatic rings. The molecule has 1 aliphatic carbocycles. The van der Waals surface area contributed by atoms with E-state index in [2.05, 4.69) is 15.4 Å². The van der Waals surface area contributed by atoms with Crippen molar-refractivity contribution in [2.45, 2.75) is 37.7 Å². The molecule has 1 saturated heterocycles. The summed E-state index contributed by atoms with van der Waals surface area (Å²) in [7, 11) is 5.46. The quantitative estimate of drug-likeness (QED) is 0.818. The third-order valence-electron chi connectivity index (χ3n) is 5.42. The van der Waals surface area contributed by atoms with E-state index in [1.54, 1.807) is 11.8 Å². The van der Waals surface area contributed by atoms with Crippen LogP contribution in [0.5, 0.6) is 0 Å². The van der Waals surface area contributed by atoms with Gasteiger partial charge in [-0.15, -0.1) is 5.10 Å². The summed E-state index contributed by atoms with van der Waals surface area (Å²) < 4.78 is 9.19. The van der Waals surface area contributed by atoms with Crippen LogP contribution >= 0.6 is 0 Å². The standard InChI is InChI=1S/C17H24N6O2/c1-21-9-13(18-20-21)12-8-23(10-15(12)25-3)17(24)16-11-6-4-5-7-14(11)22(2)19-16/h9,12,15H,4-8,10H2,1-3H3/t12-,15+/m0/s1. The number of amides is 1. The van der Waals surface area contributed by atoms with Crippen molar-refractivity contribution in [1.29, 1.82) is 0 Å². The summed E-state index contributed by atoms with van der Waals surface area (Å²) in [6.45, 7) is 1.14. The van der Waals surface area contributed by atoms with Crippen LogP contribution in [0.15, 0.2) is 6.20 Å². The fourth-order valence-corrected chi connectivity index (χ4v) is 4.09. The normalized spacial score (nSPS) is 23.1. The minimum absolute atomic E-state index is 0.00666. The molecule has 0 unspecified atom stereocenters. The molecule has 0 saturated carbocycles. The van der Waals surface area contributed by atoms with E-state index in [-0.39, 0.29) is 17.9 Å². The second-order valence-electron chi connectivity index (χ2n) is 7.01. The van der Waals surface area contributed by atoms with Crippen LogP contribution in [0.1, 0.15) is 46.2 Å². The van der Waals surface area contributed by atoms with E-state index in [1.807, 2.05) is 29.9 Å². The van der Waals surface area contributed by atoms with Crippen molar-refractivity contribution in [3.8, 4) is 0 Å². The molecule has 2 aromatic heterocycles. The zero-order valence-corrected chi connectivity index (χ0v) is 15.0. The maximum atomic E-state index is 13.1. The lowest BCUT2D eigenvalue weighted by Gasteiger charge is -2.17. The highest BCUT2D eigenvalue weighted by molar-refractivity contribution is 5.94. The number of aromatic nitrogens is 5. The maximum Gasteiger partial charge on any atom is 0.274 e. The molecule has 0 radical (unpaired) electrons. The van der Waals surface area contributed by atoms with Gasteiger partial charge in [0.2, 0.25) is 0 Å². The van der Waals surface area contributed by atoms with Crippen LogP contribution in [0, 0.1) is 0 Å². The number of aryl methyl sites for hydroxylation is 2. The Morgan fingerprint density at radius 1 is 1.24 bits per heavy atom. The number of hydrogen-bond acceptors (Lipinski definition) is 5. The van der Waals surface area contributed by atoms with E-state index >= 15 is 0 Å². The van der Waals surface area contributed by atoms with E-state index in [0.29, 0.717) is 18.8 Å². The smallest absolute Gasteiger partial charge is 0.274 e. The number of ether oxygens (including phenoxy) is 1. The average Bonchev–Trinajstić information content (AvgIpc) is 3.31. The highest BCUT2D eigenvalue weighted by Crippen LogP contribution is 2.31. The molecule has 4 rings (SSSR count). The van der Waals surface area contributed by atoms with Crippen LogP contribution in [0.4, 0.5) is 0 Å². The summed E-state index contributed by atoms with van der Waals surface area (Å²) >= 11 is 0. The van der Waals surface area contributed by atoms with Crippen LogP contribution in [0.2, 0.25) is 0 Å². The average molecular weight is 344 g/mol. The first kappa shape index (κ1) is 16.3. The number of methoxy groups -OCH3 is 1. The maximum absolute atomic E-state index is 13.1. The minimum Gasteiger partial charge on any atom is -0.379 e. The zero-order valence-electron chi connectivity index (χ0n) is 15.0. The van der Waals surface area contributed by atoms with Crippen molar-refractivity contribution in [2.75, 3.05) is 20.2 Å². The lowest BCUT2D eigenvalue weighted by atomic mass is 9.95. The van der Waals surface area contributed by atoms with Crippen molar-refractivity contribution in [2.24, 2.45) is 14.1 Å². The molecule has 134 valence electrons. The van der Waals surface area contributed by atoms with Gasteiger partial charge in [-0.2, -0.15) is 5.10 Å². The van der Waals surface area contributed by atoms with Gasteiger partial charge in [0.25, 0.3) is 5.91 Å². The molecule has 3 heterocycles. The Morgan fingerprint density at radius 2 is 2.04 bits per heavy atom. The molecule has 0 aromatic carbocycles. The first-order chi connectivity index (χ1) is 12.1. The van der Waals surface area contributed by atoms with Crippen molar-refractivity contribution in [3.63, 3.8) is 0 Å². The van der Waals surface area contributed by atoms with Crippen molar-refractivity contribution < 1.29 is 9.53 Å². The summed E-state index contributed by atoms with van der Waals surface area (Å²) in [5.41, 5.74) is 3.83. The Hall–Kier alpha value is -2.22. The van der Waals surface area contributed by atoms with Gasteiger partial charge in [0.1, 0.15) is 0 Å². The van der Waals surface area contributed by atoms with Gasteiger partial charge >= 0.3 is 0 Å². The number of carbonyl (C=O) groups excluding carboxylic acids is 1. The van der Waals surface area contributed by atoms with Crippen LogP contribution in [-0.2, 0) is 31.7 Å². The van der Waals surface area contributed by atoms with Crippen LogP contribution in [0.3, 0.4) is 0 Å². The number of carbonyl (C=O) groups is 1. The van der Waals surface area contributed by atoms with Gasteiger partial charge in [-0.1, -0.05) is 5.21 Å². The molecule has 0 spiro atoms. The lowest BCUT2D eigenvalue weighted by molar-refractivity contribution is 0.0707. The van der Waals surface area contributed by atoms with Gasteiger partial charge in [0, 0.05) is 51.7 Å². The SMILES string of the molecule is CO[C@@H]1CN(C(=O)c2nn(C)c3c2CCCC3)C[C@H]1c1cn(C)nn1. The van der Waals surface area contributed by atoms with Gasteiger partial charge in [0.05, 0.1) is 17.7 Å². The second kappa shape index (κ2) is 6.25. The van der Waals surface area contributed by atoms with E-state index < -0.39 is 0 Å². The Balaban J connectivity index is 1.59. The summed E-state index contributed by atoms with van der Waals surface area (Å²) in [5, 5.41) is 12.8. The molecular weight excluding hydrogens is 320 g/mol. The first-order valence-corrected chi connectivity index (χ1v) is 8.81. The Morgan fingerprint density at radius 3 is 2.76 bits per heavy atom. The van der Waals surface area contributed by atoms with Gasteiger partial charge < -0.3 is 9.64 Å². The van der Waals surface area contributed by atoms with E-state index in [0.717, 1.165) is 30.5 Å². The second-order valence-corrected chi connectivity index (χ2v) is 7.01. The first-order valence-electron chi connectivity index (χ1n) is 8.81. The molecule has 2 atom stereocenters. The topological polar surface area (TPSA) is 78.1 Å². The summed E-state index contributed by atoms with van der Waals surface area (Å²) in [4.78, 5) is 15.0. The van der Waals surface area contributed by atoms with Crippen LogP contribution < -0.4 is 0 Å². The monoisotopic (exact) mass is 344 g/mol. The summed E-state index contributed by atoms with van der Waals surface area (Å²) in [6.07, 6.45) is 6.08. The van der Waals surface area contributed by atoms with Crippen molar-refractivity contribution in [1.82, 2.24) is 29.7 Å². The molecule has 25 heavy (non-hydrogen) atoms. The number of rotatable bonds is 3. The third kappa shape index (κ3) is 2.74. The predicted molar refractivity (Wildman–Crippen MR) is 90.3 cm³/mol. The van der Waals surface area contributed by atoms with E-state index in [4.69, 9.17) is 4.74 Å². The van der Waals surface area contributed by atoms with E-state index in [9.17, 15) is 4.79 Å². The van der Waals surface area contributed by atoms with Crippen molar-refractivity contribution in [3.05, 3.63) is 28.8 Å². The molecule has 1 amide bonds. The molecule has 8 heteroatoms. The van der Waals surface area contributed by atoms with Gasteiger partial charge in [0.15, 0.2) is 5.69 Å². The number of nitrogens with zero attached hydrogens (tertiary/aromatic N) is 6. The molecule has 8 nitrogen and oxygen atoms in total. The molecular formula is C17H24N6O2. The summed E-state index contributed by atoms with van der Waals surface area (Å²) in [6, 6.07) is 0. The van der Waals surface area contributed by atoms with Crippen LogP contribution in [0.25, 0.3) is 0 Å². The molecule has 0 bridgehead atoms. The van der Waals surface area contributed by atoms with E-state index in [1.165, 1.54) is 12.1 Å². The Kier molecular flexibility index (Phi) is 4.07. The molecule has 1 fully saturated rings. The number of hydrogen-bond donors (Lipinski definition) is 0. The fraction of sp³-hybridized carbons (Fsp3) is 0.647. The van der Waals surface area contributed by atoms with Crippen molar-refractivity contribution >= 4 is 5.91 Å².